The molecular formula is C14H23N3OS. The van der Waals surface area contributed by atoms with Crippen LogP contribution in [0.5, 0.6) is 0 Å². The van der Waals surface area contributed by atoms with Gasteiger partial charge in [-0.05, 0) is 56.8 Å². The standard InChI is InChI=1S/C14H23N3OS/c1-10-13(11(2)17-16-10)4-3-7-15-14(18)9-19-8-12-5-6-12/h12H,3-9H2,1-2H3,(H,15,18)(H,16,17). The number of hydrogen-bond acceptors (Lipinski definition) is 3. The van der Waals surface area contributed by atoms with Crippen LogP contribution in [-0.4, -0.2) is 34.2 Å². The van der Waals surface area contributed by atoms with E-state index in [0.717, 1.165) is 42.4 Å². The van der Waals surface area contributed by atoms with Crippen molar-refractivity contribution in [1.29, 1.82) is 0 Å². The van der Waals surface area contributed by atoms with Crippen LogP contribution in [0, 0.1) is 19.8 Å². The lowest BCUT2D eigenvalue weighted by Gasteiger charge is -2.05. The van der Waals surface area contributed by atoms with Gasteiger partial charge in [-0.15, -0.1) is 0 Å². The molecule has 5 heteroatoms. The van der Waals surface area contributed by atoms with Crippen molar-refractivity contribution in [1.82, 2.24) is 15.5 Å². The SMILES string of the molecule is Cc1n[nH]c(C)c1CCCNC(=O)CSCC1CC1. The number of hydrogen-bond donors (Lipinski definition) is 2. The molecule has 1 aromatic rings. The number of aryl methyl sites for hydroxylation is 2. The smallest absolute Gasteiger partial charge is 0.229 e. The van der Waals surface area contributed by atoms with Crippen LogP contribution in [0.4, 0.5) is 0 Å². The highest BCUT2D eigenvalue weighted by Gasteiger charge is 2.21. The first kappa shape index (κ1) is 14.4. The summed E-state index contributed by atoms with van der Waals surface area (Å²) in [7, 11) is 0. The number of rotatable bonds is 8. The third-order valence-corrected chi connectivity index (χ3v) is 4.66. The molecule has 1 aliphatic rings. The van der Waals surface area contributed by atoms with Gasteiger partial charge in [-0.3, -0.25) is 9.89 Å². The Morgan fingerprint density at radius 2 is 2.26 bits per heavy atom. The van der Waals surface area contributed by atoms with Gasteiger partial charge in [-0.2, -0.15) is 16.9 Å². The van der Waals surface area contributed by atoms with Crippen molar-refractivity contribution in [2.75, 3.05) is 18.1 Å². The summed E-state index contributed by atoms with van der Waals surface area (Å²) < 4.78 is 0. The second-order valence-electron chi connectivity index (χ2n) is 5.32. The van der Waals surface area contributed by atoms with Crippen LogP contribution in [0.25, 0.3) is 0 Å². The molecule has 1 fully saturated rings. The summed E-state index contributed by atoms with van der Waals surface area (Å²) in [5.74, 6) is 2.83. The van der Waals surface area contributed by atoms with Crippen LogP contribution < -0.4 is 5.32 Å². The fraction of sp³-hybridized carbons (Fsp3) is 0.714. The lowest BCUT2D eigenvalue weighted by atomic mass is 10.1. The van der Waals surface area contributed by atoms with Gasteiger partial charge in [-0.25, -0.2) is 0 Å². The van der Waals surface area contributed by atoms with E-state index >= 15 is 0 Å². The van der Waals surface area contributed by atoms with E-state index < -0.39 is 0 Å². The van der Waals surface area contributed by atoms with Crippen LogP contribution in [0.1, 0.15) is 36.2 Å². The van der Waals surface area contributed by atoms with Gasteiger partial charge in [0, 0.05) is 12.2 Å². The minimum atomic E-state index is 0.172. The highest BCUT2D eigenvalue weighted by molar-refractivity contribution is 7.99. The average molecular weight is 281 g/mol. The quantitative estimate of drug-likeness (QED) is 0.718. The number of carbonyl (C=O) groups is 1. The van der Waals surface area contributed by atoms with Crippen molar-refractivity contribution < 1.29 is 4.79 Å². The van der Waals surface area contributed by atoms with Gasteiger partial charge in [-0.1, -0.05) is 0 Å². The van der Waals surface area contributed by atoms with E-state index in [0.29, 0.717) is 5.75 Å². The molecule has 0 atom stereocenters. The molecule has 0 unspecified atom stereocenters. The lowest BCUT2D eigenvalue weighted by Crippen LogP contribution is -2.26. The Morgan fingerprint density at radius 3 is 2.89 bits per heavy atom. The molecular weight excluding hydrogens is 258 g/mol. The fourth-order valence-electron chi connectivity index (χ4n) is 2.09. The van der Waals surface area contributed by atoms with E-state index in [1.54, 1.807) is 11.8 Å². The number of aromatic amines is 1. The molecule has 1 aromatic heterocycles. The largest absolute Gasteiger partial charge is 0.355 e. The van der Waals surface area contributed by atoms with Crippen LogP contribution in [0.2, 0.25) is 0 Å². The first-order valence-electron chi connectivity index (χ1n) is 7.01. The first-order chi connectivity index (χ1) is 9.16. The molecule has 0 saturated heterocycles. The van der Waals surface area contributed by atoms with Gasteiger partial charge < -0.3 is 5.32 Å². The van der Waals surface area contributed by atoms with Crippen LogP contribution in [-0.2, 0) is 11.2 Å². The zero-order valence-corrected chi connectivity index (χ0v) is 12.6. The highest BCUT2D eigenvalue weighted by Crippen LogP contribution is 2.32. The predicted octanol–water partition coefficient (Wildman–Crippen LogP) is 2.22. The Hall–Kier alpha value is -0.970. The number of nitrogens with zero attached hydrogens (tertiary/aromatic N) is 1. The number of amides is 1. The Kier molecular flexibility index (Phi) is 5.31. The summed E-state index contributed by atoms with van der Waals surface area (Å²) in [5.41, 5.74) is 3.50. The molecule has 0 aromatic carbocycles. The second kappa shape index (κ2) is 6.98. The van der Waals surface area contributed by atoms with E-state index in [9.17, 15) is 4.79 Å². The van der Waals surface area contributed by atoms with Gasteiger partial charge >= 0.3 is 0 Å². The van der Waals surface area contributed by atoms with Gasteiger partial charge in [0.15, 0.2) is 0 Å². The minimum absolute atomic E-state index is 0.172. The molecule has 106 valence electrons. The van der Waals surface area contributed by atoms with Gasteiger partial charge in [0.2, 0.25) is 5.91 Å². The third kappa shape index (κ3) is 4.90. The molecule has 1 aliphatic carbocycles. The predicted molar refractivity (Wildman–Crippen MR) is 79.4 cm³/mol. The Morgan fingerprint density at radius 1 is 1.47 bits per heavy atom. The zero-order valence-electron chi connectivity index (χ0n) is 11.8. The molecule has 4 nitrogen and oxygen atoms in total. The van der Waals surface area contributed by atoms with Gasteiger partial charge in [0.25, 0.3) is 0 Å². The van der Waals surface area contributed by atoms with Crippen molar-refractivity contribution in [3.8, 4) is 0 Å². The van der Waals surface area contributed by atoms with Gasteiger partial charge in [0.05, 0.1) is 11.4 Å². The van der Waals surface area contributed by atoms with E-state index in [1.807, 2.05) is 13.8 Å². The minimum Gasteiger partial charge on any atom is -0.355 e. The Balaban J connectivity index is 1.54. The lowest BCUT2D eigenvalue weighted by molar-refractivity contribution is -0.118. The number of thioether (sulfide) groups is 1. The van der Waals surface area contributed by atoms with Crippen LogP contribution in [0.15, 0.2) is 0 Å². The zero-order chi connectivity index (χ0) is 13.7. The normalized spacial score (nSPS) is 14.6. The molecule has 1 heterocycles. The molecule has 2 N–H and O–H groups in total. The first-order valence-corrected chi connectivity index (χ1v) is 8.17. The summed E-state index contributed by atoms with van der Waals surface area (Å²) in [6, 6.07) is 0. The number of nitrogens with one attached hydrogen (secondary N) is 2. The fourth-order valence-corrected chi connectivity index (χ4v) is 3.16. The number of aromatic nitrogens is 2. The highest BCUT2D eigenvalue weighted by atomic mass is 32.2. The van der Waals surface area contributed by atoms with Crippen molar-refractivity contribution in [2.24, 2.45) is 5.92 Å². The summed E-state index contributed by atoms with van der Waals surface area (Å²) >= 11 is 1.77. The third-order valence-electron chi connectivity index (χ3n) is 3.49. The number of H-pyrrole nitrogens is 1. The maximum atomic E-state index is 11.6. The average Bonchev–Trinajstić information content (AvgIpc) is 3.14. The van der Waals surface area contributed by atoms with Crippen LogP contribution in [0.3, 0.4) is 0 Å². The molecule has 2 rings (SSSR count). The van der Waals surface area contributed by atoms with Crippen molar-refractivity contribution >= 4 is 17.7 Å². The van der Waals surface area contributed by atoms with E-state index in [-0.39, 0.29) is 5.91 Å². The topological polar surface area (TPSA) is 57.8 Å². The molecule has 1 amide bonds. The second-order valence-corrected chi connectivity index (χ2v) is 6.35. The molecule has 0 aliphatic heterocycles. The summed E-state index contributed by atoms with van der Waals surface area (Å²) in [6.45, 7) is 4.82. The van der Waals surface area contributed by atoms with E-state index in [1.165, 1.54) is 18.4 Å². The molecule has 19 heavy (non-hydrogen) atoms. The van der Waals surface area contributed by atoms with E-state index in [4.69, 9.17) is 0 Å². The molecule has 0 radical (unpaired) electrons. The maximum Gasteiger partial charge on any atom is 0.229 e. The van der Waals surface area contributed by atoms with Crippen molar-refractivity contribution in [3.63, 3.8) is 0 Å². The van der Waals surface area contributed by atoms with Crippen molar-refractivity contribution in [3.05, 3.63) is 17.0 Å². The Bertz CT molecular complexity index is 407. The number of carbonyl (C=O) groups excluding carboxylic acids is 1. The molecule has 0 bridgehead atoms. The Labute approximate surface area is 119 Å². The maximum absolute atomic E-state index is 11.6. The van der Waals surface area contributed by atoms with Gasteiger partial charge in [0.1, 0.15) is 0 Å². The monoisotopic (exact) mass is 281 g/mol. The summed E-state index contributed by atoms with van der Waals surface area (Å²) in [6.07, 6.45) is 4.67. The van der Waals surface area contributed by atoms with Crippen molar-refractivity contribution in [2.45, 2.75) is 39.5 Å². The molecule has 1 saturated carbocycles. The summed E-state index contributed by atoms with van der Waals surface area (Å²) in [4.78, 5) is 11.6. The van der Waals surface area contributed by atoms with Crippen LogP contribution >= 0.6 is 11.8 Å². The molecule has 0 spiro atoms. The van der Waals surface area contributed by atoms with E-state index in [2.05, 4.69) is 15.5 Å². The summed E-state index contributed by atoms with van der Waals surface area (Å²) in [5, 5.41) is 10.2.